The first kappa shape index (κ1) is 18.9. The molecule has 3 unspecified atom stereocenters. The molecule has 0 bridgehead atoms. The molecular weight excluding hydrogens is 360 g/mol. The molecular formula is C21H28N2O5. The molecule has 4 rings (SSSR count). The fourth-order valence-corrected chi connectivity index (χ4v) is 4.30. The molecule has 7 heteroatoms. The summed E-state index contributed by atoms with van der Waals surface area (Å²) in [7, 11) is 0. The van der Waals surface area contributed by atoms with E-state index in [1.54, 1.807) is 4.90 Å². The second kappa shape index (κ2) is 7.53. The molecule has 1 aliphatic carbocycles. The van der Waals surface area contributed by atoms with Crippen molar-refractivity contribution in [1.29, 1.82) is 0 Å². The van der Waals surface area contributed by atoms with Gasteiger partial charge in [0.05, 0.1) is 12.5 Å². The van der Waals surface area contributed by atoms with Crippen molar-refractivity contribution in [2.45, 2.75) is 57.6 Å². The number of hydrogen-bond donors (Lipinski definition) is 2. The van der Waals surface area contributed by atoms with Crippen LogP contribution in [-0.2, 0) is 11.2 Å². The minimum Gasteiger partial charge on any atom is -0.494 e. The summed E-state index contributed by atoms with van der Waals surface area (Å²) in [5.74, 6) is 0.952. The Morgan fingerprint density at radius 2 is 2.07 bits per heavy atom. The van der Waals surface area contributed by atoms with Crippen LogP contribution in [0.2, 0.25) is 0 Å². The van der Waals surface area contributed by atoms with E-state index in [-0.39, 0.29) is 30.0 Å². The predicted molar refractivity (Wildman–Crippen MR) is 103 cm³/mol. The zero-order valence-electron chi connectivity index (χ0n) is 16.4. The lowest BCUT2D eigenvalue weighted by atomic mass is 9.97. The van der Waals surface area contributed by atoms with Gasteiger partial charge in [0.15, 0.2) is 0 Å². The maximum absolute atomic E-state index is 12.6. The third-order valence-corrected chi connectivity index (χ3v) is 5.96. The van der Waals surface area contributed by atoms with Crippen LogP contribution in [-0.4, -0.2) is 53.8 Å². The number of aliphatic carboxylic acids is 1. The number of rotatable bonds is 5. The maximum Gasteiger partial charge on any atom is 0.317 e. The molecule has 1 aromatic carbocycles. The monoisotopic (exact) mass is 388 g/mol. The Labute approximate surface area is 165 Å². The van der Waals surface area contributed by atoms with Crippen molar-refractivity contribution >= 4 is 12.0 Å². The van der Waals surface area contributed by atoms with E-state index in [1.165, 1.54) is 5.56 Å². The maximum atomic E-state index is 12.6. The molecule has 1 saturated carbocycles. The van der Waals surface area contributed by atoms with Crippen LogP contribution in [0, 0.1) is 5.92 Å². The molecule has 2 aliphatic heterocycles. The van der Waals surface area contributed by atoms with Gasteiger partial charge in [0, 0.05) is 42.6 Å². The fourth-order valence-electron chi connectivity index (χ4n) is 4.30. The van der Waals surface area contributed by atoms with Crippen LogP contribution in [0.1, 0.15) is 50.2 Å². The second-order valence-electron chi connectivity index (χ2n) is 8.06. The van der Waals surface area contributed by atoms with Crippen molar-refractivity contribution < 1.29 is 24.2 Å². The van der Waals surface area contributed by atoms with Crippen LogP contribution < -0.4 is 14.8 Å². The molecule has 2 amide bonds. The average Bonchev–Trinajstić information content (AvgIpc) is 3.32. The SMILES string of the molecule is CCOc1cc2c(cc1C1CC1NC(=O)N1CCC(C(=O)O)CC1)OC(C)C2. The van der Waals surface area contributed by atoms with Gasteiger partial charge in [-0.15, -0.1) is 0 Å². The number of carboxylic acids is 1. The van der Waals surface area contributed by atoms with Crippen molar-refractivity contribution in [1.82, 2.24) is 10.2 Å². The Balaban J connectivity index is 1.38. The molecule has 3 aliphatic rings. The number of likely N-dealkylation sites (tertiary alicyclic amines) is 1. The second-order valence-corrected chi connectivity index (χ2v) is 8.06. The number of piperidine rings is 1. The molecule has 0 spiro atoms. The van der Waals surface area contributed by atoms with E-state index in [1.807, 2.05) is 6.92 Å². The number of amides is 2. The molecule has 7 nitrogen and oxygen atoms in total. The summed E-state index contributed by atoms with van der Waals surface area (Å²) in [5.41, 5.74) is 2.28. The summed E-state index contributed by atoms with van der Waals surface area (Å²) in [5, 5.41) is 12.2. The third-order valence-electron chi connectivity index (χ3n) is 5.96. The highest BCUT2D eigenvalue weighted by Crippen LogP contribution is 2.48. The molecule has 2 heterocycles. The summed E-state index contributed by atoms with van der Waals surface area (Å²) in [6, 6.07) is 4.16. The minimum atomic E-state index is -0.765. The summed E-state index contributed by atoms with van der Waals surface area (Å²) >= 11 is 0. The van der Waals surface area contributed by atoms with Gasteiger partial charge in [-0.3, -0.25) is 4.79 Å². The number of fused-ring (bicyclic) bond motifs is 1. The van der Waals surface area contributed by atoms with Crippen LogP contribution in [0.15, 0.2) is 12.1 Å². The van der Waals surface area contributed by atoms with Gasteiger partial charge in [0.1, 0.15) is 17.6 Å². The van der Waals surface area contributed by atoms with Gasteiger partial charge in [-0.2, -0.15) is 0 Å². The predicted octanol–water partition coefficient (Wildman–Crippen LogP) is 2.77. The topological polar surface area (TPSA) is 88.1 Å². The van der Waals surface area contributed by atoms with Crippen LogP contribution in [0.25, 0.3) is 0 Å². The summed E-state index contributed by atoms with van der Waals surface area (Å²) in [6.45, 7) is 5.63. The van der Waals surface area contributed by atoms with E-state index in [0.717, 1.165) is 29.9 Å². The standard InChI is InChI=1S/C21H28N2O5/c1-3-27-19-9-14-8-12(2)28-18(14)11-16(19)15-10-17(15)22-21(26)23-6-4-13(5-7-23)20(24)25/h9,11-13,15,17H,3-8,10H2,1-2H3,(H,22,26)(H,24,25). The Morgan fingerprint density at radius 1 is 1.32 bits per heavy atom. The number of nitrogens with zero attached hydrogens (tertiary/aromatic N) is 1. The average molecular weight is 388 g/mol. The quantitative estimate of drug-likeness (QED) is 0.810. The molecule has 1 aromatic rings. The molecule has 0 aromatic heterocycles. The van der Waals surface area contributed by atoms with Gasteiger partial charge in [-0.1, -0.05) is 0 Å². The largest absolute Gasteiger partial charge is 0.494 e. The van der Waals surface area contributed by atoms with Crippen LogP contribution in [0.4, 0.5) is 4.79 Å². The highest BCUT2D eigenvalue weighted by atomic mass is 16.5. The molecule has 3 atom stereocenters. The van der Waals surface area contributed by atoms with Crippen molar-refractivity contribution in [3.63, 3.8) is 0 Å². The summed E-state index contributed by atoms with van der Waals surface area (Å²) < 4.78 is 11.8. The number of nitrogens with one attached hydrogen (secondary N) is 1. The molecule has 28 heavy (non-hydrogen) atoms. The molecule has 2 N–H and O–H groups in total. The van der Waals surface area contributed by atoms with Gasteiger partial charge < -0.3 is 24.8 Å². The fraction of sp³-hybridized carbons (Fsp3) is 0.619. The number of carbonyl (C=O) groups excluding carboxylic acids is 1. The molecule has 0 radical (unpaired) electrons. The Kier molecular flexibility index (Phi) is 5.08. The lowest BCUT2D eigenvalue weighted by Gasteiger charge is -2.30. The lowest BCUT2D eigenvalue weighted by Crippen LogP contribution is -2.46. The number of carboxylic acid groups (broad SMARTS) is 1. The van der Waals surface area contributed by atoms with E-state index < -0.39 is 5.97 Å². The van der Waals surface area contributed by atoms with Crippen molar-refractivity contribution in [3.05, 3.63) is 23.3 Å². The van der Waals surface area contributed by atoms with E-state index in [0.29, 0.717) is 32.5 Å². The Bertz CT molecular complexity index is 772. The van der Waals surface area contributed by atoms with Gasteiger partial charge >= 0.3 is 12.0 Å². The van der Waals surface area contributed by atoms with E-state index in [4.69, 9.17) is 14.6 Å². The van der Waals surface area contributed by atoms with Crippen LogP contribution in [0.3, 0.4) is 0 Å². The highest BCUT2D eigenvalue weighted by Gasteiger charge is 2.43. The smallest absolute Gasteiger partial charge is 0.317 e. The summed E-state index contributed by atoms with van der Waals surface area (Å²) in [6.07, 6.45) is 3.00. The molecule has 152 valence electrons. The van der Waals surface area contributed by atoms with Crippen molar-refractivity contribution in [3.8, 4) is 11.5 Å². The van der Waals surface area contributed by atoms with Crippen molar-refractivity contribution in [2.24, 2.45) is 5.92 Å². The Hall–Kier alpha value is -2.44. The summed E-state index contributed by atoms with van der Waals surface area (Å²) in [4.78, 5) is 25.3. The van der Waals surface area contributed by atoms with Crippen LogP contribution in [0.5, 0.6) is 11.5 Å². The van der Waals surface area contributed by atoms with E-state index in [2.05, 4.69) is 24.4 Å². The van der Waals surface area contributed by atoms with Crippen molar-refractivity contribution in [2.75, 3.05) is 19.7 Å². The first-order valence-corrected chi connectivity index (χ1v) is 10.2. The normalized spacial score (nSPS) is 26.4. The lowest BCUT2D eigenvalue weighted by molar-refractivity contribution is -0.143. The number of carbonyl (C=O) groups is 2. The number of ether oxygens (including phenoxy) is 2. The minimum absolute atomic E-state index is 0.0841. The molecule has 1 saturated heterocycles. The van der Waals surface area contributed by atoms with E-state index in [9.17, 15) is 9.59 Å². The third kappa shape index (κ3) is 3.75. The number of urea groups is 1. The number of hydrogen-bond acceptors (Lipinski definition) is 4. The van der Waals surface area contributed by atoms with Gasteiger partial charge in [-0.25, -0.2) is 4.79 Å². The zero-order valence-corrected chi connectivity index (χ0v) is 16.4. The zero-order chi connectivity index (χ0) is 19.8. The van der Waals surface area contributed by atoms with Gasteiger partial charge in [-0.05, 0) is 45.2 Å². The van der Waals surface area contributed by atoms with Crippen LogP contribution >= 0.6 is 0 Å². The van der Waals surface area contributed by atoms with E-state index >= 15 is 0 Å². The molecule has 2 fully saturated rings. The number of benzene rings is 1. The first-order valence-electron chi connectivity index (χ1n) is 10.2. The Morgan fingerprint density at radius 3 is 2.75 bits per heavy atom. The van der Waals surface area contributed by atoms with Gasteiger partial charge in [0.25, 0.3) is 0 Å². The van der Waals surface area contributed by atoms with Gasteiger partial charge in [0.2, 0.25) is 0 Å². The first-order chi connectivity index (χ1) is 13.5. The highest BCUT2D eigenvalue weighted by molar-refractivity contribution is 5.76.